The average molecular weight is 461 g/mol. The van der Waals surface area contributed by atoms with Gasteiger partial charge >= 0.3 is 6.18 Å². The number of hydrogen-bond acceptors (Lipinski definition) is 6. The Morgan fingerprint density at radius 3 is 2.73 bits per heavy atom. The molecule has 1 fully saturated rings. The van der Waals surface area contributed by atoms with E-state index < -0.39 is 12.8 Å². The number of aromatic nitrogens is 4. The fourth-order valence-electron chi connectivity index (χ4n) is 3.31. The molecule has 1 aliphatic carbocycles. The van der Waals surface area contributed by atoms with Gasteiger partial charge in [-0.05, 0) is 59.5 Å². The Hall–Kier alpha value is -3.63. The predicted molar refractivity (Wildman–Crippen MR) is 113 cm³/mol. The van der Waals surface area contributed by atoms with E-state index in [9.17, 15) is 18.0 Å². The number of nitrogens with zero attached hydrogens (tertiary/aromatic N) is 4. The normalized spacial score (nSPS) is 13.6. The minimum absolute atomic E-state index is 0.00613. The van der Waals surface area contributed by atoms with Gasteiger partial charge in [-0.2, -0.15) is 13.2 Å². The smallest absolute Gasteiger partial charge is 0.422 e. The molecular weight excluding hydrogens is 439 g/mol. The van der Waals surface area contributed by atoms with Crippen LogP contribution < -0.4 is 14.8 Å². The van der Waals surface area contributed by atoms with E-state index in [2.05, 4.69) is 20.8 Å². The number of carbonyl (C=O) groups excluding carboxylic acids is 1. The summed E-state index contributed by atoms with van der Waals surface area (Å²) in [5.74, 6) is 0.630. The summed E-state index contributed by atoms with van der Waals surface area (Å²) in [6.45, 7) is -1.41. The second kappa shape index (κ2) is 9.47. The van der Waals surface area contributed by atoms with Crippen LogP contribution in [-0.4, -0.2) is 46.0 Å². The average Bonchev–Trinajstić information content (AvgIpc) is 3.52. The molecule has 2 aromatic carbocycles. The van der Waals surface area contributed by atoms with E-state index in [1.165, 1.54) is 13.2 Å². The number of ether oxygens (including phenoxy) is 2. The molecule has 0 atom stereocenters. The zero-order valence-corrected chi connectivity index (χ0v) is 17.8. The monoisotopic (exact) mass is 461 g/mol. The Kier molecular flexibility index (Phi) is 6.47. The maximum atomic E-state index is 12.5. The lowest BCUT2D eigenvalue weighted by Crippen LogP contribution is -2.19. The van der Waals surface area contributed by atoms with Gasteiger partial charge in [0.25, 0.3) is 0 Å². The Morgan fingerprint density at radius 1 is 1.18 bits per heavy atom. The van der Waals surface area contributed by atoms with Crippen molar-refractivity contribution in [2.45, 2.75) is 37.9 Å². The van der Waals surface area contributed by atoms with Crippen LogP contribution in [0, 0.1) is 0 Å². The van der Waals surface area contributed by atoms with Gasteiger partial charge in [-0.15, -0.1) is 5.10 Å². The summed E-state index contributed by atoms with van der Waals surface area (Å²) < 4.78 is 48.9. The fourth-order valence-corrected chi connectivity index (χ4v) is 3.31. The summed E-state index contributed by atoms with van der Waals surface area (Å²) >= 11 is 0. The van der Waals surface area contributed by atoms with E-state index in [0.717, 1.165) is 24.0 Å². The lowest BCUT2D eigenvalue weighted by Gasteiger charge is -2.13. The number of tetrazole rings is 1. The first-order valence-corrected chi connectivity index (χ1v) is 10.4. The van der Waals surface area contributed by atoms with Gasteiger partial charge < -0.3 is 14.8 Å². The van der Waals surface area contributed by atoms with Gasteiger partial charge in [0.05, 0.1) is 13.2 Å². The van der Waals surface area contributed by atoms with Crippen molar-refractivity contribution < 1.29 is 27.4 Å². The van der Waals surface area contributed by atoms with E-state index in [4.69, 9.17) is 9.47 Å². The molecule has 33 heavy (non-hydrogen) atoms. The highest BCUT2D eigenvalue weighted by atomic mass is 19.4. The molecule has 0 radical (unpaired) electrons. The number of halogens is 3. The van der Waals surface area contributed by atoms with Gasteiger partial charge in [0.2, 0.25) is 5.91 Å². The topological polar surface area (TPSA) is 91.2 Å². The van der Waals surface area contributed by atoms with Crippen LogP contribution in [0.1, 0.15) is 30.9 Å². The molecular formula is C22H22F3N5O3. The fraction of sp³-hybridized carbons (Fsp3) is 0.364. The molecule has 1 saturated carbocycles. The number of aryl methyl sites for hydroxylation is 1. The Labute approximate surface area is 187 Å². The molecule has 174 valence electrons. The maximum Gasteiger partial charge on any atom is 0.422 e. The summed E-state index contributed by atoms with van der Waals surface area (Å²) in [6.07, 6.45) is -1.79. The Morgan fingerprint density at radius 2 is 2.00 bits per heavy atom. The summed E-state index contributed by atoms with van der Waals surface area (Å²) in [4.78, 5) is 12.5. The summed E-state index contributed by atoms with van der Waals surface area (Å²) in [5.41, 5.74) is 2.17. The molecule has 0 unspecified atom stereocenters. The molecule has 1 aliphatic rings. The molecule has 1 N–H and O–H groups in total. The Bertz CT molecular complexity index is 1130. The van der Waals surface area contributed by atoms with Gasteiger partial charge in [-0.3, -0.25) is 4.79 Å². The first-order valence-electron chi connectivity index (χ1n) is 10.4. The SMILES string of the molecule is COc1cc(CCC(=O)Nc2cccc(-c3nnnn3C3CC3)c2)ccc1OCC(F)(F)F. The van der Waals surface area contributed by atoms with Crippen molar-refractivity contribution in [3.05, 3.63) is 48.0 Å². The first-order chi connectivity index (χ1) is 15.8. The zero-order valence-electron chi connectivity index (χ0n) is 17.8. The van der Waals surface area contributed by atoms with E-state index >= 15 is 0 Å². The van der Waals surface area contributed by atoms with Gasteiger partial charge in [-0.1, -0.05) is 18.2 Å². The highest BCUT2D eigenvalue weighted by Gasteiger charge is 2.29. The highest BCUT2D eigenvalue weighted by molar-refractivity contribution is 5.91. The van der Waals surface area contributed by atoms with Crippen LogP contribution in [-0.2, 0) is 11.2 Å². The van der Waals surface area contributed by atoms with E-state index in [-0.39, 0.29) is 23.8 Å². The van der Waals surface area contributed by atoms with Crippen molar-refractivity contribution >= 4 is 11.6 Å². The number of anilines is 1. The van der Waals surface area contributed by atoms with E-state index in [0.29, 0.717) is 24.0 Å². The van der Waals surface area contributed by atoms with Crippen molar-refractivity contribution in [3.63, 3.8) is 0 Å². The summed E-state index contributed by atoms with van der Waals surface area (Å²) in [5, 5.41) is 14.8. The minimum Gasteiger partial charge on any atom is -0.493 e. The first kappa shape index (κ1) is 22.6. The molecule has 0 aliphatic heterocycles. The van der Waals surface area contributed by atoms with Crippen LogP contribution in [0.2, 0.25) is 0 Å². The van der Waals surface area contributed by atoms with Gasteiger partial charge in [0, 0.05) is 17.7 Å². The van der Waals surface area contributed by atoms with Crippen LogP contribution >= 0.6 is 0 Å². The molecule has 8 nitrogen and oxygen atoms in total. The van der Waals surface area contributed by atoms with Crippen LogP contribution in [0.3, 0.4) is 0 Å². The standard InChI is InChI=1S/C22H22F3N5O3/c1-32-19-11-14(5-9-18(19)33-13-22(23,24)25)6-10-20(31)26-16-4-2-3-15(12-16)21-27-28-29-30(21)17-7-8-17/h2-5,9,11-12,17H,6-8,10,13H2,1H3,(H,26,31). The van der Waals surface area contributed by atoms with Crippen molar-refractivity contribution in [1.82, 2.24) is 20.2 Å². The molecule has 3 aromatic rings. The van der Waals surface area contributed by atoms with Crippen LogP contribution in [0.4, 0.5) is 18.9 Å². The number of carbonyl (C=O) groups is 1. The largest absolute Gasteiger partial charge is 0.493 e. The summed E-state index contributed by atoms with van der Waals surface area (Å²) in [7, 11) is 1.35. The van der Waals surface area contributed by atoms with Crippen molar-refractivity contribution in [2.75, 3.05) is 19.0 Å². The van der Waals surface area contributed by atoms with Crippen LogP contribution in [0.15, 0.2) is 42.5 Å². The maximum absolute atomic E-state index is 12.5. The molecule has 0 bridgehead atoms. The lowest BCUT2D eigenvalue weighted by atomic mass is 10.1. The van der Waals surface area contributed by atoms with Gasteiger partial charge in [-0.25, -0.2) is 4.68 Å². The van der Waals surface area contributed by atoms with Crippen molar-refractivity contribution in [1.29, 1.82) is 0 Å². The van der Waals surface area contributed by atoms with Gasteiger partial charge in [0.15, 0.2) is 23.9 Å². The number of nitrogens with one attached hydrogen (secondary N) is 1. The number of alkyl halides is 3. The second-order valence-corrected chi connectivity index (χ2v) is 7.70. The lowest BCUT2D eigenvalue weighted by molar-refractivity contribution is -0.153. The summed E-state index contributed by atoms with van der Waals surface area (Å²) in [6, 6.07) is 12.2. The number of hydrogen-bond donors (Lipinski definition) is 1. The van der Waals surface area contributed by atoms with Crippen LogP contribution in [0.25, 0.3) is 11.4 Å². The molecule has 0 saturated heterocycles. The minimum atomic E-state index is -4.44. The second-order valence-electron chi connectivity index (χ2n) is 7.70. The van der Waals surface area contributed by atoms with E-state index in [1.807, 2.05) is 18.2 Å². The molecule has 1 heterocycles. The van der Waals surface area contributed by atoms with E-state index in [1.54, 1.807) is 22.9 Å². The zero-order chi connectivity index (χ0) is 23.4. The molecule has 1 aromatic heterocycles. The van der Waals surface area contributed by atoms with Crippen molar-refractivity contribution in [3.8, 4) is 22.9 Å². The molecule has 4 rings (SSSR count). The molecule has 1 amide bonds. The van der Waals surface area contributed by atoms with Crippen molar-refractivity contribution in [2.24, 2.45) is 0 Å². The van der Waals surface area contributed by atoms with Gasteiger partial charge in [0.1, 0.15) is 0 Å². The Balaban J connectivity index is 1.35. The highest BCUT2D eigenvalue weighted by Crippen LogP contribution is 2.37. The number of amides is 1. The third-order valence-corrected chi connectivity index (χ3v) is 5.05. The number of rotatable bonds is 9. The van der Waals surface area contributed by atoms with Crippen LogP contribution in [0.5, 0.6) is 11.5 Å². The number of methoxy groups -OCH3 is 1. The third-order valence-electron chi connectivity index (χ3n) is 5.05. The molecule has 11 heteroatoms. The predicted octanol–water partition coefficient (Wildman–Crippen LogP) is 4.20. The quantitative estimate of drug-likeness (QED) is 0.514. The molecule has 0 spiro atoms. The third kappa shape index (κ3) is 5.99. The number of benzene rings is 2.